The molecule has 2 saturated heterocycles. The summed E-state index contributed by atoms with van der Waals surface area (Å²) in [5, 5.41) is 0. The zero-order valence-corrected chi connectivity index (χ0v) is 11.7. The molecule has 104 valence electrons. The number of piperazine rings is 1. The fourth-order valence-electron chi connectivity index (χ4n) is 2.39. The van der Waals surface area contributed by atoms with Gasteiger partial charge >= 0.3 is 6.03 Å². The second-order valence-electron chi connectivity index (χ2n) is 4.50. The van der Waals surface area contributed by atoms with Crippen LogP contribution < -0.4 is 0 Å². The highest BCUT2D eigenvalue weighted by molar-refractivity contribution is 7.99. The summed E-state index contributed by atoms with van der Waals surface area (Å²) in [6.07, 6.45) is 3.40. The largest absolute Gasteiger partial charge is 0.338 e. The van der Waals surface area contributed by atoms with Crippen molar-refractivity contribution in [1.82, 2.24) is 14.7 Å². The van der Waals surface area contributed by atoms with E-state index in [1.165, 1.54) is 22.7 Å². The SMILES string of the molecule is C=CCN1C(=O)[C@@H]2CN(C(=O)CSC)CCN2C1=O. The standard InChI is InChI=1S/C12H17N3O3S/c1-3-4-15-11(17)9-7-13(10(16)8-19-2)5-6-14(9)12(15)18/h3,9H,1,4-8H2,2H3/t9-/m0/s1. The van der Waals surface area contributed by atoms with Crippen molar-refractivity contribution in [2.75, 3.05) is 38.2 Å². The lowest BCUT2D eigenvalue weighted by Crippen LogP contribution is -2.55. The molecule has 2 aliphatic heterocycles. The fraction of sp³-hybridized carbons (Fsp3) is 0.583. The third-order valence-electron chi connectivity index (χ3n) is 3.34. The van der Waals surface area contributed by atoms with E-state index in [1.54, 1.807) is 9.80 Å². The van der Waals surface area contributed by atoms with Gasteiger partial charge in [0.1, 0.15) is 6.04 Å². The molecule has 2 fully saturated rings. The maximum Gasteiger partial charge on any atom is 0.327 e. The van der Waals surface area contributed by atoms with Crippen molar-refractivity contribution in [2.45, 2.75) is 6.04 Å². The maximum atomic E-state index is 12.1. The number of hydrogen-bond acceptors (Lipinski definition) is 4. The first-order valence-corrected chi connectivity index (χ1v) is 7.49. The number of hydrogen-bond donors (Lipinski definition) is 0. The van der Waals surface area contributed by atoms with Crippen LogP contribution in [0.15, 0.2) is 12.7 Å². The molecule has 1 atom stereocenters. The van der Waals surface area contributed by atoms with Crippen molar-refractivity contribution in [3.05, 3.63) is 12.7 Å². The normalized spacial score (nSPS) is 22.8. The number of nitrogens with zero attached hydrogens (tertiary/aromatic N) is 3. The van der Waals surface area contributed by atoms with E-state index in [4.69, 9.17) is 0 Å². The average Bonchev–Trinajstić information content (AvgIpc) is 2.64. The molecule has 0 aromatic rings. The van der Waals surface area contributed by atoms with E-state index in [2.05, 4.69) is 6.58 Å². The van der Waals surface area contributed by atoms with Crippen molar-refractivity contribution in [1.29, 1.82) is 0 Å². The van der Waals surface area contributed by atoms with Crippen molar-refractivity contribution >= 4 is 29.6 Å². The number of fused-ring (bicyclic) bond motifs is 1. The van der Waals surface area contributed by atoms with Gasteiger partial charge in [0.05, 0.1) is 12.3 Å². The van der Waals surface area contributed by atoms with Crippen LogP contribution in [0, 0.1) is 0 Å². The summed E-state index contributed by atoms with van der Waals surface area (Å²) in [6.45, 7) is 4.99. The lowest BCUT2D eigenvalue weighted by Gasteiger charge is -2.35. The van der Waals surface area contributed by atoms with Crippen LogP contribution in [0.25, 0.3) is 0 Å². The number of urea groups is 1. The Labute approximate surface area is 116 Å². The summed E-state index contributed by atoms with van der Waals surface area (Å²) in [5.41, 5.74) is 0. The quantitative estimate of drug-likeness (QED) is 0.539. The predicted molar refractivity (Wildman–Crippen MR) is 72.8 cm³/mol. The van der Waals surface area contributed by atoms with Gasteiger partial charge in [0, 0.05) is 19.6 Å². The van der Waals surface area contributed by atoms with Crippen LogP contribution in [0.5, 0.6) is 0 Å². The molecule has 0 aliphatic carbocycles. The smallest absolute Gasteiger partial charge is 0.327 e. The molecule has 0 unspecified atom stereocenters. The third kappa shape index (κ3) is 2.47. The third-order valence-corrected chi connectivity index (χ3v) is 3.88. The summed E-state index contributed by atoms with van der Waals surface area (Å²) >= 11 is 1.46. The molecule has 6 nitrogen and oxygen atoms in total. The second-order valence-corrected chi connectivity index (χ2v) is 5.37. The second kappa shape index (κ2) is 5.64. The summed E-state index contributed by atoms with van der Waals surface area (Å²) in [7, 11) is 0. The Morgan fingerprint density at radius 3 is 2.84 bits per heavy atom. The fourth-order valence-corrected chi connectivity index (χ4v) is 2.82. The monoisotopic (exact) mass is 283 g/mol. The zero-order chi connectivity index (χ0) is 14.0. The van der Waals surface area contributed by atoms with Gasteiger partial charge < -0.3 is 9.80 Å². The molecule has 0 saturated carbocycles. The number of imide groups is 1. The lowest BCUT2D eigenvalue weighted by molar-refractivity contribution is -0.134. The van der Waals surface area contributed by atoms with Gasteiger partial charge in [0.15, 0.2) is 0 Å². The van der Waals surface area contributed by atoms with E-state index in [0.717, 1.165) is 0 Å². The van der Waals surface area contributed by atoms with E-state index < -0.39 is 6.04 Å². The minimum atomic E-state index is -0.521. The highest BCUT2D eigenvalue weighted by Crippen LogP contribution is 2.22. The predicted octanol–water partition coefficient (Wildman–Crippen LogP) is 0.0104. The van der Waals surface area contributed by atoms with Gasteiger partial charge in [-0.1, -0.05) is 6.08 Å². The van der Waals surface area contributed by atoms with Crippen LogP contribution >= 0.6 is 11.8 Å². The van der Waals surface area contributed by atoms with Crippen LogP contribution in [-0.2, 0) is 9.59 Å². The molecule has 0 aromatic carbocycles. The number of carbonyl (C=O) groups excluding carboxylic acids is 3. The first kappa shape index (κ1) is 13.9. The lowest BCUT2D eigenvalue weighted by atomic mass is 10.2. The minimum absolute atomic E-state index is 0.0227. The molecule has 0 radical (unpaired) electrons. The van der Waals surface area contributed by atoms with Crippen LogP contribution in [0.3, 0.4) is 0 Å². The number of thioether (sulfide) groups is 1. The highest BCUT2D eigenvalue weighted by atomic mass is 32.2. The van der Waals surface area contributed by atoms with Gasteiger partial charge in [-0.3, -0.25) is 14.5 Å². The number of rotatable bonds is 4. The number of amides is 4. The molecule has 0 aromatic heterocycles. The van der Waals surface area contributed by atoms with E-state index in [0.29, 0.717) is 25.4 Å². The molecule has 2 aliphatic rings. The van der Waals surface area contributed by atoms with Crippen LogP contribution in [0.1, 0.15) is 0 Å². The summed E-state index contributed by atoms with van der Waals surface area (Å²) in [5.74, 6) is 0.201. The molecule has 0 spiro atoms. The first-order valence-electron chi connectivity index (χ1n) is 6.09. The van der Waals surface area contributed by atoms with Gasteiger partial charge in [0.2, 0.25) is 5.91 Å². The van der Waals surface area contributed by atoms with Crippen molar-refractivity contribution in [3.8, 4) is 0 Å². The Morgan fingerprint density at radius 1 is 1.47 bits per heavy atom. The molecular weight excluding hydrogens is 266 g/mol. The van der Waals surface area contributed by atoms with Gasteiger partial charge in [-0.2, -0.15) is 11.8 Å². The van der Waals surface area contributed by atoms with Gasteiger partial charge in [-0.25, -0.2) is 4.79 Å². The minimum Gasteiger partial charge on any atom is -0.338 e. The van der Waals surface area contributed by atoms with Crippen molar-refractivity contribution in [3.63, 3.8) is 0 Å². The summed E-state index contributed by atoms with van der Waals surface area (Å²) in [4.78, 5) is 40.4. The Kier molecular flexibility index (Phi) is 4.14. The van der Waals surface area contributed by atoms with E-state index >= 15 is 0 Å². The molecule has 4 amide bonds. The Hall–Kier alpha value is -1.50. The summed E-state index contributed by atoms with van der Waals surface area (Å²) < 4.78 is 0. The Morgan fingerprint density at radius 2 is 2.21 bits per heavy atom. The van der Waals surface area contributed by atoms with Crippen molar-refractivity contribution < 1.29 is 14.4 Å². The van der Waals surface area contributed by atoms with Crippen LogP contribution in [-0.4, -0.2) is 76.8 Å². The summed E-state index contributed by atoms with van der Waals surface area (Å²) in [6, 6.07) is -0.793. The molecule has 2 heterocycles. The van der Waals surface area contributed by atoms with Crippen LogP contribution in [0.4, 0.5) is 4.79 Å². The average molecular weight is 283 g/mol. The van der Waals surface area contributed by atoms with E-state index in [1.807, 2.05) is 6.26 Å². The molecule has 0 N–H and O–H groups in total. The first-order chi connectivity index (χ1) is 9.10. The Bertz CT molecular complexity index is 426. The molecule has 7 heteroatoms. The van der Waals surface area contributed by atoms with Crippen molar-refractivity contribution in [2.24, 2.45) is 0 Å². The van der Waals surface area contributed by atoms with Crippen LogP contribution in [0.2, 0.25) is 0 Å². The van der Waals surface area contributed by atoms with E-state index in [-0.39, 0.29) is 24.4 Å². The molecule has 0 bridgehead atoms. The number of carbonyl (C=O) groups is 3. The molecule has 19 heavy (non-hydrogen) atoms. The van der Waals surface area contributed by atoms with E-state index in [9.17, 15) is 14.4 Å². The maximum absolute atomic E-state index is 12.1. The van der Waals surface area contributed by atoms with Gasteiger partial charge in [0.25, 0.3) is 5.91 Å². The zero-order valence-electron chi connectivity index (χ0n) is 10.9. The topological polar surface area (TPSA) is 60.9 Å². The molecule has 2 rings (SSSR count). The van der Waals surface area contributed by atoms with Gasteiger partial charge in [-0.05, 0) is 6.26 Å². The Balaban J connectivity index is 2.08. The van der Waals surface area contributed by atoms with Gasteiger partial charge in [-0.15, -0.1) is 6.58 Å². The highest BCUT2D eigenvalue weighted by Gasteiger charge is 2.47. The molecular formula is C12H17N3O3S.